The minimum Gasteiger partial charge on any atom is -0.381 e. The van der Waals surface area contributed by atoms with Gasteiger partial charge in [0.2, 0.25) is 0 Å². The molecule has 0 bridgehead atoms. The molecule has 0 saturated heterocycles. The largest absolute Gasteiger partial charge is 0.381 e. The Labute approximate surface area is 119 Å². The average molecular weight is 281 g/mol. The summed E-state index contributed by atoms with van der Waals surface area (Å²) in [6.07, 6.45) is 3.65. The molecule has 0 heterocycles. The zero-order valence-corrected chi connectivity index (χ0v) is 12.5. The topological polar surface area (TPSA) is 32.3 Å². The molecule has 0 radical (unpaired) electrons. The van der Waals surface area contributed by atoms with Crippen LogP contribution in [0.2, 0.25) is 5.02 Å². The molecule has 1 saturated carbocycles. The maximum atomic E-state index is 12.2. The number of nitrogens with zero attached hydrogens (tertiary/aromatic N) is 1. The van der Waals surface area contributed by atoms with Crippen LogP contribution in [0.15, 0.2) is 18.2 Å². The zero-order valence-electron chi connectivity index (χ0n) is 11.7. The molecule has 1 aromatic carbocycles. The van der Waals surface area contributed by atoms with Gasteiger partial charge in [0.1, 0.15) is 0 Å². The molecule has 0 aromatic heterocycles. The Balaban J connectivity index is 2.27. The van der Waals surface area contributed by atoms with Crippen molar-refractivity contribution in [3.8, 4) is 0 Å². The van der Waals surface area contributed by atoms with E-state index in [0.29, 0.717) is 22.5 Å². The molecule has 19 heavy (non-hydrogen) atoms. The summed E-state index contributed by atoms with van der Waals surface area (Å²) in [5.74, 6) is 0.645. The summed E-state index contributed by atoms with van der Waals surface area (Å²) < 4.78 is 0. The van der Waals surface area contributed by atoms with Gasteiger partial charge in [-0.25, -0.2) is 0 Å². The molecule has 0 aliphatic heterocycles. The fourth-order valence-electron chi connectivity index (χ4n) is 2.62. The highest BCUT2D eigenvalue weighted by Gasteiger charge is 2.24. The minimum absolute atomic E-state index is 0.00446. The maximum Gasteiger partial charge on any atom is 0.255 e. The molecule has 4 heteroatoms. The number of benzene rings is 1. The van der Waals surface area contributed by atoms with Crippen molar-refractivity contribution >= 4 is 23.2 Å². The van der Waals surface area contributed by atoms with Gasteiger partial charge in [-0.05, 0) is 37.0 Å². The Morgan fingerprint density at radius 2 is 2.11 bits per heavy atom. The van der Waals surface area contributed by atoms with Gasteiger partial charge in [0.05, 0.1) is 5.56 Å². The molecule has 3 nitrogen and oxygen atoms in total. The van der Waals surface area contributed by atoms with Crippen molar-refractivity contribution in [2.45, 2.75) is 32.2 Å². The van der Waals surface area contributed by atoms with Crippen molar-refractivity contribution in [1.82, 2.24) is 4.90 Å². The lowest BCUT2D eigenvalue weighted by molar-refractivity contribution is 0.0828. The van der Waals surface area contributed by atoms with E-state index in [-0.39, 0.29) is 5.91 Å². The number of nitrogens with one attached hydrogen (secondary N) is 1. The number of rotatable bonds is 3. The van der Waals surface area contributed by atoms with E-state index in [2.05, 4.69) is 12.2 Å². The summed E-state index contributed by atoms with van der Waals surface area (Å²) in [6, 6.07) is 5.85. The van der Waals surface area contributed by atoms with E-state index >= 15 is 0 Å². The highest BCUT2D eigenvalue weighted by Crippen LogP contribution is 2.30. The normalized spacial score (nSPS) is 22.3. The standard InChI is InChI=1S/C15H21ClN2O/c1-10-5-4-6-13(10)17-14-9-11(16)7-8-12(14)15(19)18(2)3/h7-10,13,17H,4-6H2,1-3H3. The lowest BCUT2D eigenvalue weighted by Gasteiger charge is -2.22. The van der Waals surface area contributed by atoms with Crippen LogP contribution in [0.1, 0.15) is 36.5 Å². The van der Waals surface area contributed by atoms with E-state index in [1.165, 1.54) is 12.8 Å². The molecular weight excluding hydrogens is 260 g/mol. The second-order valence-electron chi connectivity index (χ2n) is 5.55. The average Bonchev–Trinajstić information content (AvgIpc) is 2.74. The third kappa shape index (κ3) is 3.21. The van der Waals surface area contributed by atoms with Crippen LogP contribution in [0.25, 0.3) is 0 Å². The fraction of sp³-hybridized carbons (Fsp3) is 0.533. The first-order valence-electron chi connectivity index (χ1n) is 6.77. The van der Waals surface area contributed by atoms with E-state index < -0.39 is 0 Å². The first-order chi connectivity index (χ1) is 8.99. The van der Waals surface area contributed by atoms with E-state index in [0.717, 1.165) is 12.1 Å². The van der Waals surface area contributed by atoms with E-state index in [1.54, 1.807) is 31.1 Å². The zero-order chi connectivity index (χ0) is 14.0. The fourth-order valence-corrected chi connectivity index (χ4v) is 2.79. The monoisotopic (exact) mass is 280 g/mol. The molecule has 1 aliphatic rings. The lowest BCUT2D eigenvalue weighted by Crippen LogP contribution is -2.26. The highest BCUT2D eigenvalue weighted by atomic mass is 35.5. The van der Waals surface area contributed by atoms with Crippen LogP contribution in [0.3, 0.4) is 0 Å². The van der Waals surface area contributed by atoms with Gasteiger partial charge >= 0.3 is 0 Å². The van der Waals surface area contributed by atoms with Crippen molar-refractivity contribution in [1.29, 1.82) is 0 Å². The number of carbonyl (C=O) groups is 1. The second kappa shape index (κ2) is 5.83. The molecule has 0 spiro atoms. The van der Waals surface area contributed by atoms with Crippen molar-refractivity contribution in [2.24, 2.45) is 5.92 Å². The van der Waals surface area contributed by atoms with Gasteiger partial charge in [0, 0.05) is 30.8 Å². The maximum absolute atomic E-state index is 12.2. The predicted molar refractivity (Wildman–Crippen MR) is 79.9 cm³/mol. The van der Waals surface area contributed by atoms with E-state index in [9.17, 15) is 4.79 Å². The van der Waals surface area contributed by atoms with Crippen LogP contribution in [-0.4, -0.2) is 30.9 Å². The predicted octanol–water partition coefficient (Wildman–Crippen LogP) is 3.64. The van der Waals surface area contributed by atoms with E-state index in [4.69, 9.17) is 11.6 Å². The number of halogens is 1. The third-order valence-corrected chi connectivity index (χ3v) is 4.06. The molecule has 1 amide bonds. The van der Waals surface area contributed by atoms with Gasteiger partial charge < -0.3 is 10.2 Å². The summed E-state index contributed by atoms with van der Waals surface area (Å²) in [5.41, 5.74) is 1.54. The Morgan fingerprint density at radius 3 is 2.68 bits per heavy atom. The summed E-state index contributed by atoms with van der Waals surface area (Å²) in [4.78, 5) is 13.8. The lowest BCUT2D eigenvalue weighted by atomic mass is 10.0. The van der Waals surface area contributed by atoms with Crippen LogP contribution in [0.4, 0.5) is 5.69 Å². The summed E-state index contributed by atoms with van der Waals surface area (Å²) >= 11 is 6.06. The van der Waals surface area contributed by atoms with Crippen molar-refractivity contribution in [3.05, 3.63) is 28.8 Å². The molecule has 1 fully saturated rings. The molecule has 1 aromatic rings. The smallest absolute Gasteiger partial charge is 0.255 e. The van der Waals surface area contributed by atoms with Crippen LogP contribution in [0.5, 0.6) is 0 Å². The van der Waals surface area contributed by atoms with Crippen molar-refractivity contribution in [2.75, 3.05) is 19.4 Å². The number of carbonyl (C=O) groups excluding carboxylic acids is 1. The second-order valence-corrected chi connectivity index (χ2v) is 5.98. The molecule has 2 rings (SSSR count). The van der Waals surface area contributed by atoms with Crippen LogP contribution >= 0.6 is 11.6 Å². The summed E-state index contributed by atoms with van der Waals surface area (Å²) in [5, 5.41) is 4.16. The Bertz CT molecular complexity index is 473. The highest BCUT2D eigenvalue weighted by molar-refractivity contribution is 6.31. The van der Waals surface area contributed by atoms with E-state index in [1.807, 2.05) is 6.07 Å². The molecule has 1 aliphatic carbocycles. The first kappa shape index (κ1) is 14.2. The Morgan fingerprint density at radius 1 is 1.37 bits per heavy atom. The molecule has 2 unspecified atom stereocenters. The van der Waals surface area contributed by atoms with Crippen LogP contribution in [0, 0.1) is 5.92 Å². The van der Waals surface area contributed by atoms with Gasteiger partial charge in [0.25, 0.3) is 5.91 Å². The number of hydrogen-bond donors (Lipinski definition) is 1. The Hall–Kier alpha value is -1.22. The van der Waals surface area contributed by atoms with Crippen molar-refractivity contribution in [3.63, 3.8) is 0 Å². The molecular formula is C15H21ClN2O. The quantitative estimate of drug-likeness (QED) is 0.917. The number of hydrogen-bond acceptors (Lipinski definition) is 2. The number of anilines is 1. The van der Waals surface area contributed by atoms with Crippen LogP contribution < -0.4 is 5.32 Å². The van der Waals surface area contributed by atoms with Crippen molar-refractivity contribution < 1.29 is 4.79 Å². The molecule has 2 atom stereocenters. The number of amides is 1. The molecule has 1 N–H and O–H groups in total. The van der Waals surface area contributed by atoms with Gasteiger partial charge in [0.15, 0.2) is 0 Å². The van der Waals surface area contributed by atoms with Gasteiger partial charge in [-0.3, -0.25) is 4.79 Å². The Kier molecular flexibility index (Phi) is 4.35. The summed E-state index contributed by atoms with van der Waals surface area (Å²) in [6.45, 7) is 2.25. The van der Waals surface area contributed by atoms with Gasteiger partial charge in [-0.15, -0.1) is 0 Å². The third-order valence-electron chi connectivity index (χ3n) is 3.82. The SMILES string of the molecule is CC1CCCC1Nc1cc(Cl)ccc1C(=O)N(C)C. The molecule has 104 valence electrons. The summed E-state index contributed by atoms with van der Waals surface area (Å²) in [7, 11) is 3.53. The van der Waals surface area contributed by atoms with Gasteiger partial charge in [-0.2, -0.15) is 0 Å². The first-order valence-corrected chi connectivity index (χ1v) is 7.14. The van der Waals surface area contributed by atoms with Gasteiger partial charge in [-0.1, -0.05) is 24.9 Å². The van der Waals surface area contributed by atoms with Crippen LogP contribution in [-0.2, 0) is 0 Å². The minimum atomic E-state index is 0.00446.